The topological polar surface area (TPSA) is 106 Å². The largest absolute Gasteiger partial charge is 0.506 e. The van der Waals surface area contributed by atoms with Crippen molar-refractivity contribution in [2.75, 3.05) is 25.5 Å². The lowest BCUT2D eigenvalue weighted by Crippen LogP contribution is -3.10. The second-order valence-electron chi connectivity index (χ2n) is 6.41. The van der Waals surface area contributed by atoms with Crippen molar-refractivity contribution in [2.24, 2.45) is 0 Å². The van der Waals surface area contributed by atoms with E-state index in [-0.39, 0.29) is 36.2 Å². The molecule has 1 unspecified atom stereocenters. The van der Waals surface area contributed by atoms with Gasteiger partial charge in [-0.1, -0.05) is 18.2 Å². The van der Waals surface area contributed by atoms with Crippen molar-refractivity contribution in [1.29, 1.82) is 5.26 Å². The van der Waals surface area contributed by atoms with Gasteiger partial charge < -0.3 is 20.3 Å². The van der Waals surface area contributed by atoms with E-state index in [4.69, 9.17) is 0 Å². The number of nitrogens with one attached hydrogen (secondary N) is 3. The van der Waals surface area contributed by atoms with Crippen LogP contribution in [0.2, 0.25) is 0 Å². The van der Waals surface area contributed by atoms with E-state index in [0.29, 0.717) is 16.1 Å². The molecule has 28 heavy (non-hydrogen) atoms. The van der Waals surface area contributed by atoms with E-state index in [9.17, 15) is 19.6 Å². The third-order valence-electron chi connectivity index (χ3n) is 4.07. The number of carbonyl (C=O) groups excluding carboxylic acids is 1. The van der Waals surface area contributed by atoms with Gasteiger partial charge >= 0.3 is 0 Å². The first-order valence-electron chi connectivity index (χ1n) is 8.60. The Morgan fingerprint density at radius 3 is 2.79 bits per heavy atom. The lowest BCUT2D eigenvalue weighted by molar-refractivity contribution is -0.867. The van der Waals surface area contributed by atoms with E-state index in [0.717, 1.165) is 5.52 Å². The number of aromatic nitrogens is 2. The van der Waals surface area contributed by atoms with E-state index in [1.165, 1.54) is 18.2 Å². The van der Waals surface area contributed by atoms with Crippen molar-refractivity contribution in [1.82, 2.24) is 9.97 Å². The Labute approximate surface area is 160 Å². The highest BCUT2D eigenvalue weighted by Gasteiger charge is 2.18. The number of aliphatic hydroxyl groups excluding tert-OH is 1. The first-order chi connectivity index (χ1) is 13.5. The number of nitriles is 1. The first kappa shape index (κ1) is 19.1. The normalized spacial score (nSPS) is 12.9. The number of rotatable bonds is 6. The number of anilines is 1. The summed E-state index contributed by atoms with van der Waals surface area (Å²) < 4.78 is 13.2. The number of H-pyrrole nitrogens is 1. The van der Waals surface area contributed by atoms with Crippen LogP contribution in [0.1, 0.15) is 5.82 Å². The molecule has 4 N–H and O–H groups in total. The molecule has 0 aliphatic rings. The van der Waals surface area contributed by atoms with Gasteiger partial charge in [-0.15, -0.1) is 0 Å². The van der Waals surface area contributed by atoms with Crippen molar-refractivity contribution in [3.63, 3.8) is 0 Å². The smallest absolute Gasteiger partial charge is 0.279 e. The van der Waals surface area contributed by atoms with Crippen LogP contribution in [0.5, 0.6) is 0 Å². The molecule has 0 aliphatic heterocycles. The van der Waals surface area contributed by atoms with Gasteiger partial charge in [0.2, 0.25) is 0 Å². The van der Waals surface area contributed by atoms with Gasteiger partial charge in [0.15, 0.2) is 18.1 Å². The summed E-state index contributed by atoms with van der Waals surface area (Å²) in [5.41, 5.74) is 1.83. The summed E-state index contributed by atoms with van der Waals surface area (Å²) in [6, 6.07) is 14.9. The molecule has 1 aromatic heterocycles. The van der Waals surface area contributed by atoms with E-state index in [1.807, 2.05) is 24.3 Å². The number of fused-ring (bicyclic) bond motifs is 1. The average molecular weight is 380 g/mol. The summed E-state index contributed by atoms with van der Waals surface area (Å²) in [6.45, 7) is 0.0793. The summed E-state index contributed by atoms with van der Waals surface area (Å²) in [4.78, 5) is 20.1. The van der Waals surface area contributed by atoms with Gasteiger partial charge in [0.1, 0.15) is 24.0 Å². The zero-order chi connectivity index (χ0) is 20.1. The standard InChI is InChI=1S/C20H18FN5O2/c1-26(12-19(28)23-14-6-4-5-13(21)9-14)11-18(27)15(10-22)20-24-16-7-2-3-8-17(16)25-20/h2-9,27H,11-12H2,1H3,(H,23,28)(H,24,25)/p+1/b18-15-. The van der Waals surface area contributed by atoms with Crippen molar-refractivity contribution in [2.45, 2.75) is 0 Å². The second kappa shape index (κ2) is 8.33. The van der Waals surface area contributed by atoms with E-state index in [1.54, 1.807) is 19.2 Å². The Bertz CT molecular complexity index is 1050. The minimum atomic E-state index is -0.441. The van der Waals surface area contributed by atoms with E-state index < -0.39 is 5.82 Å². The summed E-state index contributed by atoms with van der Waals surface area (Å²) in [7, 11) is 1.70. The summed E-state index contributed by atoms with van der Waals surface area (Å²) in [5.74, 6) is -0.669. The van der Waals surface area contributed by atoms with Gasteiger partial charge in [0.25, 0.3) is 5.91 Å². The monoisotopic (exact) mass is 380 g/mol. The number of benzene rings is 2. The molecule has 0 radical (unpaired) electrons. The van der Waals surface area contributed by atoms with Crippen LogP contribution in [0, 0.1) is 17.1 Å². The highest BCUT2D eigenvalue weighted by molar-refractivity contribution is 5.91. The number of hydrogen-bond acceptors (Lipinski definition) is 4. The van der Waals surface area contributed by atoms with Crippen LogP contribution in [0.3, 0.4) is 0 Å². The van der Waals surface area contributed by atoms with Crippen LogP contribution in [0.25, 0.3) is 16.6 Å². The molecule has 7 nitrogen and oxygen atoms in total. The fourth-order valence-electron chi connectivity index (χ4n) is 2.81. The van der Waals surface area contributed by atoms with E-state index in [2.05, 4.69) is 15.3 Å². The quantitative estimate of drug-likeness (QED) is 0.385. The fourth-order valence-corrected chi connectivity index (χ4v) is 2.81. The summed E-state index contributed by atoms with van der Waals surface area (Å²) >= 11 is 0. The number of hydrogen-bond donors (Lipinski definition) is 4. The molecule has 0 aliphatic carbocycles. The highest BCUT2D eigenvalue weighted by Crippen LogP contribution is 2.18. The molecular weight excluding hydrogens is 361 g/mol. The molecule has 1 amide bonds. The maximum Gasteiger partial charge on any atom is 0.279 e. The molecule has 8 heteroatoms. The van der Waals surface area contributed by atoms with Gasteiger partial charge in [-0.2, -0.15) is 5.26 Å². The van der Waals surface area contributed by atoms with Gasteiger partial charge in [0, 0.05) is 5.69 Å². The number of quaternary nitrogens is 1. The van der Waals surface area contributed by atoms with Crippen LogP contribution in [0.4, 0.5) is 10.1 Å². The number of imidazole rings is 1. The Morgan fingerprint density at radius 1 is 1.29 bits per heavy atom. The molecule has 0 saturated carbocycles. The molecule has 1 heterocycles. The summed E-state index contributed by atoms with van der Waals surface area (Å²) in [5, 5.41) is 22.4. The Kier molecular flexibility index (Phi) is 5.67. The molecule has 142 valence electrons. The number of nitrogens with zero attached hydrogens (tertiary/aromatic N) is 2. The number of allylic oxidation sites excluding steroid dienone is 1. The minimum absolute atomic E-state index is 0.0272. The Morgan fingerprint density at radius 2 is 2.07 bits per heavy atom. The molecule has 0 bridgehead atoms. The fraction of sp³-hybridized carbons (Fsp3) is 0.150. The van der Waals surface area contributed by atoms with Crippen LogP contribution in [0.15, 0.2) is 54.3 Å². The molecule has 2 aromatic carbocycles. The first-order valence-corrected chi connectivity index (χ1v) is 8.60. The number of aromatic amines is 1. The Balaban J connectivity index is 1.68. The SMILES string of the molecule is C[NH+](CC(=O)Nc1cccc(F)c1)C/C(O)=C(\C#N)c1nc2ccccc2[nH]1. The van der Waals surface area contributed by atoms with Gasteiger partial charge in [-0.05, 0) is 30.3 Å². The number of carbonyl (C=O) groups is 1. The molecule has 3 aromatic rings. The van der Waals surface area contributed by atoms with Crippen LogP contribution in [-0.2, 0) is 4.79 Å². The van der Waals surface area contributed by atoms with Crippen molar-refractivity contribution in [3.05, 3.63) is 65.9 Å². The van der Waals surface area contributed by atoms with Crippen molar-refractivity contribution in [3.8, 4) is 6.07 Å². The number of amides is 1. The van der Waals surface area contributed by atoms with Gasteiger partial charge in [0.05, 0.1) is 18.1 Å². The van der Waals surface area contributed by atoms with Crippen LogP contribution >= 0.6 is 0 Å². The molecule has 1 atom stereocenters. The average Bonchev–Trinajstić information content (AvgIpc) is 3.05. The van der Waals surface area contributed by atoms with Crippen molar-refractivity contribution >= 4 is 28.2 Å². The number of likely N-dealkylation sites (N-methyl/N-ethyl adjacent to an activating group) is 1. The Hall–Kier alpha value is -3.70. The predicted octanol–water partition coefficient (Wildman–Crippen LogP) is 1.65. The highest BCUT2D eigenvalue weighted by atomic mass is 19.1. The summed E-state index contributed by atoms with van der Waals surface area (Å²) in [6.07, 6.45) is 0. The molecule has 0 saturated heterocycles. The second-order valence-corrected chi connectivity index (χ2v) is 6.41. The minimum Gasteiger partial charge on any atom is -0.506 e. The lowest BCUT2D eigenvalue weighted by atomic mass is 10.2. The number of aliphatic hydroxyl groups is 1. The maximum absolute atomic E-state index is 13.2. The molecule has 0 fully saturated rings. The molecular formula is C20H19FN5O2+. The third kappa shape index (κ3) is 4.52. The number of halogens is 1. The van der Waals surface area contributed by atoms with Crippen molar-refractivity contribution < 1.29 is 19.2 Å². The van der Waals surface area contributed by atoms with Gasteiger partial charge in [-0.3, -0.25) is 4.79 Å². The van der Waals surface area contributed by atoms with Crippen LogP contribution < -0.4 is 10.2 Å². The van der Waals surface area contributed by atoms with Gasteiger partial charge in [-0.25, -0.2) is 9.37 Å². The van der Waals surface area contributed by atoms with Crippen LogP contribution in [-0.4, -0.2) is 41.1 Å². The number of para-hydroxylation sites is 2. The third-order valence-corrected chi connectivity index (χ3v) is 4.07. The molecule has 3 rings (SSSR count). The lowest BCUT2D eigenvalue weighted by Gasteiger charge is -2.14. The molecule has 0 spiro atoms. The van der Waals surface area contributed by atoms with E-state index >= 15 is 0 Å². The zero-order valence-corrected chi connectivity index (χ0v) is 15.2. The zero-order valence-electron chi connectivity index (χ0n) is 15.2. The predicted molar refractivity (Wildman–Crippen MR) is 103 cm³/mol. The maximum atomic E-state index is 13.2.